The van der Waals surface area contributed by atoms with Crippen molar-refractivity contribution >= 4 is 10.2 Å². The van der Waals surface area contributed by atoms with Crippen LogP contribution in [0.25, 0.3) is 0 Å². The van der Waals surface area contributed by atoms with E-state index in [9.17, 15) is 8.42 Å². The zero-order chi connectivity index (χ0) is 13.2. The number of hydrogen-bond acceptors (Lipinski definition) is 3. The van der Waals surface area contributed by atoms with Crippen LogP contribution in [0.4, 0.5) is 0 Å². The Morgan fingerprint density at radius 2 is 1.89 bits per heavy atom. The van der Waals surface area contributed by atoms with E-state index in [0.717, 1.165) is 32.1 Å². The highest BCUT2D eigenvalue weighted by atomic mass is 32.2. The standard InChI is InChI=1S/C12H25N3O2S/c1-11-6-3-4-9-15(11)18(16,17)14-8-5-7-12(10-14)13-2/h11-13H,3-10H2,1-2H3. The molecule has 2 aliphatic rings. The van der Waals surface area contributed by atoms with Crippen molar-refractivity contribution in [1.82, 2.24) is 13.9 Å². The molecule has 2 saturated heterocycles. The van der Waals surface area contributed by atoms with Gasteiger partial charge in [0.25, 0.3) is 10.2 Å². The quantitative estimate of drug-likeness (QED) is 0.828. The van der Waals surface area contributed by atoms with Crippen LogP contribution in [0.3, 0.4) is 0 Å². The second kappa shape index (κ2) is 5.86. The van der Waals surface area contributed by atoms with E-state index in [4.69, 9.17) is 0 Å². The van der Waals surface area contributed by atoms with Gasteiger partial charge in [-0.15, -0.1) is 0 Å². The summed E-state index contributed by atoms with van der Waals surface area (Å²) in [5.74, 6) is 0. The fraction of sp³-hybridized carbons (Fsp3) is 1.00. The largest absolute Gasteiger partial charge is 0.316 e. The van der Waals surface area contributed by atoms with Crippen molar-refractivity contribution in [2.45, 2.75) is 51.1 Å². The fourth-order valence-electron chi connectivity index (χ4n) is 2.95. The van der Waals surface area contributed by atoms with Gasteiger partial charge in [-0.2, -0.15) is 17.0 Å². The highest BCUT2D eigenvalue weighted by molar-refractivity contribution is 7.86. The van der Waals surface area contributed by atoms with Gasteiger partial charge in [-0.25, -0.2) is 0 Å². The third-order valence-electron chi connectivity index (χ3n) is 4.16. The van der Waals surface area contributed by atoms with E-state index in [-0.39, 0.29) is 6.04 Å². The second-order valence-corrected chi connectivity index (χ2v) is 7.33. The van der Waals surface area contributed by atoms with Crippen LogP contribution in [0.1, 0.15) is 39.0 Å². The molecule has 6 heteroatoms. The maximum absolute atomic E-state index is 12.6. The van der Waals surface area contributed by atoms with Crippen molar-refractivity contribution in [1.29, 1.82) is 0 Å². The van der Waals surface area contributed by atoms with Gasteiger partial charge < -0.3 is 5.32 Å². The summed E-state index contributed by atoms with van der Waals surface area (Å²) < 4.78 is 28.6. The molecular weight excluding hydrogens is 250 g/mol. The first-order chi connectivity index (χ1) is 8.55. The lowest BCUT2D eigenvalue weighted by Crippen LogP contribution is -2.54. The number of hydrogen-bond donors (Lipinski definition) is 1. The normalized spacial score (nSPS) is 32.6. The van der Waals surface area contributed by atoms with Gasteiger partial charge >= 0.3 is 0 Å². The molecule has 2 fully saturated rings. The zero-order valence-corrected chi connectivity index (χ0v) is 12.2. The lowest BCUT2D eigenvalue weighted by molar-refractivity contribution is 0.224. The molecule has 106 valence electrons. The molecule has 0 spiro atoms. The predicted molar refractivity (Wildman–Crippen MR) is 72.6 cm³/mol. The molecule has 2 rings (SSSR count). The average Bonchev–Trinajstić information content (AvgIpc) is 2.39. The topological polar surface area (TPSA) is 52.7 Å². The molecule has 5 nitrogen and oxygen atoms in total. The SMILES string of the molecule is CNC1CCCN(S(=O)(=O)N2CCCCC2C)C1. The Labute approximate surface area is 111 Å². The summed E-state index contributed by atoms with van der Waals surface area (Å²) in [7, 11) is -1.34. The molecule has 18 heavy (non-hydrogen) atoms. The van der Waals surface area contributed by atoms with Crippen LogP contribution in [0.2, 0.25) is 0 Å². The van der Waals surface area contributed by atoms with Crippen LogP contribution in [0, 0.1) is 0 Å². The third-order valence-corrected chi connectivity index (χ3v) is 6.28. The molecule has 0 aliphatic carbocycles. The van der Waals surface area contributed by atoms with E-state index in [1.165, 1.54) is 0 Å². The molecule has 0 aromatic carbocycles. The van der Waals surface area contributed by atoms with E-state index in [2.05, 4.69) is 5.32 Å². The van der Waals surface area contributed by atoms with E-state index < -0.39 is 10.2 Å². The first kappa shape index (κ1) is 14.2. The summed E-state index contributed by atoms with van der Waals surface area (Å²) in [6.45, 7) is 3.99. The molecular formula is C12H25N3O2S. The maximum atomic E-state index is 12.6. The van der Waals surface area contributed by atoms with Crippen molar-refractivity contribution in [2.24, 2.45) is 0 Å². The minimum absolute atomic E-state index is 0.152. The van der Waals surface area contributed by atoms with Crippen molar-refractivity contribution in [3.05, 3.63) is 0 Å². The Kier molecular flexibility index (Phi) is 4.64. The zero-order valence-electron chi connectivity index (χ0n) is 11.4. The van der Waals surface area contributed by atoms with Crippen molar-refractivity contribution in [3.63, 3.8) is 0 Å². The third kappa shape index (κ3) is 2.87. The van der Waals surface area contributed by atoms with Gasteiger partial charge in [0.15, 0.2) is 0 Å². The van der Waals surface area contributed by atoms with E-state index in [1.807, 2.05) is 14.0 Å². The van der Waals surface area contributed by atoms with Gasteiger partial charge in [0.2, 0.25) is 0 Å². The van der Waals surface area contributed by atoms with Crippen LogP contribution < -0.4 is 5.32 Å². The lowest BCUT2D eigenvalue weighted by Gasteiger charge is -2.39. The van der Waals surface area contributed by atoms with Crippen LogP contribution in [0.5, 0.6) is 0 Å². The monoisotopic (exact) mass is 275 g/mol. The summed E-state index contributed by atoms with van der Waals surface area (Å²) in [6, 6.07) is 0.451. The second-order valence-electron chi connectivity index (χ2n) is 5.45. The molecule has 1 N–H and O–H groups in total. The summed E-state index contributed by atoms with van der Waals surface area (Å²) in [5.41, 5.74) is 0. The van der Waals surface area contributed by atoms with Gasteiger partial charge in [0.05, 0.1) is 0 Å². The summed E-state index contributed by atoms with van der Waals surface area (Å²) in [5, 5.41) is 3.20. The van der Waals surface area contributed by atoms with Crippen LogP contribution in [0.15, 0.2) is 0 Å². The number of piperidine rings is 2. The van der Waals surface area contributed by atoms with Gasteiger partial charge in [-0.3, -0.25) is 0 Å². The van der Waals surface area contributed by atoms with Gasteiger partial charge in [-0.1, -0.05) is 6.42 Å². The molecule has 2 atom stereocenters. The molecule has 2 aliphatic heterocycles. The van der Waals surface area contributed by atoms with Crippen LogP contribution >= 0.6 is 0 Å². The number of rotatable bonds is 3. The van der Waals surface area contributed by atoms with Crippen LogP contribution in [-0.2, 0) is 10.2 Å². The van der Waals surface area contributed by atoms with Gasteiger partial charge in [0.1, 0.15) is 0 Å². The Bertz CT molecular complexity index is 372. The lowest BCUT2D eigenvalue weighted by atomic mass is 10.1. The number of likely N-dealkylation sites (N-methyl/N-ethyl adjacent to an activating group) is 1. The minimum Gasteiger partial charge on any atom is -0.316 e. The first-order valence-corrected chi connectivity index (χ1v) is 8.39. The average molecular weight is 275 g/mol. The molecule has 2 heterocycles. The summed E-state index contributed by atoms with van der Waals surface area (Å²) in [6.07, 6.45) is 5.15. The van der Waals surface area contributed by atoms with E-state index >= 15 is 0 Å². The molecule has 0 aromatic rings. The Morgan fingerprint density at radius 1 is 1.11 bits per heavy atom. The predicted octanol–water partition coefficient (Wildman–Crippen LogP) is 0.789. The van der Waals surface area contributed by atoms with E-state index in [0.29, 0.717) is 25.7 Å². The fourth-order valence-corrected chi connectivity index (χ4v) is 4.90. The molecule has 0 aromatic heterocycles. The van der Waals surface area contributed by atoms with Crippen molar-refractivity contribution in [3.8, 4) is 0 Å². The van der Waals surface area contributed by atoms with Crippen molar-refractivity contribution < 1.29 is 8.42 Å². The van der Waals surface area contributed by atoms with Crippen molar-refractivity contribution in [2.75, 3.05) is 26.7 Å². The number of nitrogens with zero attached hydrogens (tertiary/aromatic N) is 2. The van der Waals surface area contributed by atoms with Gasteiger partial charge in [-0.05, 0) is 39.7 Å². The first-order valence-electron chi connectivity index (χ1n) is 7.00. The molecule has 0 bridgehead atoms. The smallest absolute Gasteiger partial charge is 0.282 e. The van der Waals surface area contributed by atoms with E-state index in [1.54, 1.807) is 8.61 Å². The van der Waals surface area contributed by atoms with Gasteiger partial charge in [0, 0.05) is 31.7 Å². The van der Waals surface area contributed by atoms with Crippen LogP contribution in [-0.4, -0.2) is 55.8 Å². The Morgan fingerprint density at radius 3 is 2.56 bits per heavy atom. The number of nitrogens with one attached hydrogen (secondary N) is 1. The highest BCUT2D eigenvalue weighted by Gasteiger charge is 2.36. The molecule has 0 saturated carbocycles. The Hall–Kier alpha value is -0.170. The minimum atomic E-state index is -3.25. The molecule has 0 amide bonds. The summed E-state index contributed by atoms with van der Waals surface area (Å²) in [4.78, 5) is 0. The maximum Gasteiger partial charge on any atom is 0.282 e. The molecule has 2 unspecified atom stereocenters. The Balaban J connectivity index is 2.09. The summed E-state index contributed by atoms with van der Waals surface area (Å²) >= 11 is 0. The highest BCUT2D eigenvalue weighted by Crippen LogP contribution is 2.24. The molecule has 0 radical (unpaired) electrons.